The summed E-state index contributed by atoms with van der Waals surface area (Å²) >= 11 is 0. The largest absolute Gasteiger partial charge is 0.392 e. The highest BCUT2D eigenvalue weighted by atomic mass is 16.5. The zero-order valence-corrected chi connectivity index (χ0v) is 15.1. The van der Waals surface area contributed by atoms with E-state index < -0.39 is 0 Å². The summed E-state index contributed by atoms with van der Waals surface area (Å²) in [5.41, 5.74) is 4.38. The van der Waals surface area contributed by atoms with Gasteiger partial charge in [0.05, 0.1) is 24.2 Å². The number of nitrogens with zero attached hydrogens (tertiary/aromatic N) is 3. The van der Waals surface area contributed by atoms with Gasteiger partial charge in [0, 0.05) is 43.4 Å². The van der Waals surface area contributed by atoms with Gasteiger partial charge in [0.2, 0.25) is 0 Å². The summed E-state index contributed by atoms with van der Waals surface area (Å²) in [6.45, 7) is 4.19. The SMILES string of the molecule is Cc1cc(-c2nc3ccc(CO)cc3n2CC2CCOC2)cn(C)c1=O. The molecule has 0 spiro atoms. The van der Waals surface area contributed by atoms with Gasteiger partial charge in [0.1, 0.15) is 5.82 Å². The number of aryl methyl sites for hydroxylation is 2. The van der Waals surface area contributed by atoms with E-state index in [4.69, 9.17) is 9.72 Å². The molecule has 0 aliphatic carbocycles. The van der Waals surface area contributed by atoms with E-state index in [-0.39, 0.29) is 12.2 Å². The lowest BCUT2D eigenvalue weighted by atomic mass is 10.1. The maximum atomic E-state index is 12.1. The molecule has 1 aromatic carbocycles. The Balaban J connectivity index is 1.91. The van der Waals surface area contributed by atoms with Crippen LogP contribution >= 0.6 is 0 Å². The number of aliphatic hydroxyl groups is 1. The molecule has 0 amide bonds. The van der Waals surface area contributed by atoms with Gasteiger partial charge < -0.3 is 19.0 Å². The van der Waals surface area contributed by atoms with Crippen LogP contribution in [0.5, 0.6) is 0 Å². The average Bonchev–Trinajstić information content (AvgIpc) is 3.27. The Hall–Kier alpha value is -2.44. The Kier molecular flexibility index (Phi) is 4.38. The standard InChI is InChI=1S/C20H23N3O3/c1-13-7-16(10-22(2)20(13)25)19-21-17-4-3-14(11-24)8-18(17)23(19)9-15-5-6-26-12-15/h3-4,7-8,10,15,24H,5-6,9,11-12H2,1-2H3. The molecule has 1 aliphatic heterocycles. The Bertz CT molecular complexity index is 987. The van der Waals surface area contributed by atoms with Crippen molar-refractivity contribution in [3.8, 4) is 11.4 Å². The number of pyridine rings is 1. The second-order valence-corrected chi connectivity index (χ2v) is 7.08. The van der Waals surface area contributed by atoms with Crippen molar-refractivity contribution in [2.45, 2.75) is 26.5 Å². The topological polar surface area (TPSA) is 69.3 Å². The number of fused-ring (bicyclic) bond motifs is 1. The van der Waals surface area contributed by atoms with Crippen LogP contribution in [0.3, 0.4) is 0 Å². The van der Waals surface area contributed by atoms with Crippen LogP contribution in [0.25, 0.3) is 22.4 Å². The molecule has 0 bridgehead atoms. The Morgan fingerprint density at radius 1 is 1.35 bits per heavy atom. The van der Waals surface area contributed by atoms with Crippen molar-refractivity contribution >= 4 is 11.0 Å². The van der Waals surface area contributed by atoms with Gasteiger partial charge in [-0.3, -0.25) is 4.79 Å². The van der Waals surface area contributed by atoms with Crippen LogP contribution in [-0.2, 0) is 24.9 Å². The van der Waals surface area contributed by atoms with Gasteiger partial charge in [-0.2, -0.15) is 0 Å². The van der Waals surface area contributed by atoms with Crippen molar-refractivity contribution in [2.75, 3.05) is 13.2 Å². The lowest BCUT2D eigenvalue weighted by Gasteiger charge is -2.14. The number of ether oxygens (including phenoxy) is 1. The molecule has 0 saturated carbocycles. The van der Waals surface area contributed by atoms with Crippen molar-refractivity contribution in [1.82, 2.24) is 14.1 Å². The monoisotopic (exact) mass is 353 g/mol. The number of hydrogen-bond acceptors (Lipinski definition) is 4. The van der Waals surface area contributed by atoms with Crippen molar-refractivity contribution < 1.29 is 9.84 Å². The maximum Gasteiger partial charge on any atom is 0.253 e. The summed E-state index contributed by atoms with van der Waals surface area (Å²) in [6, 6.07) is 7.74. The summed E-state index contributed by atoms with van der Waals surface area (Å²) < 4.78 is 9.35. The zero-order valence-electron chi connectivity index (χ0n) is 15.1. The molecule has 3 aromatic rings. The van der Waals surface area contributed by atoms with E-state index in [1.54, 1.807) is 11.6 Å². The first-order valence-corrected chi connectivity index (χ1v) is 8.92. The highest BCUT2D eigenvalue weighted by Gasteiger charge is 2.21. The highest BCUT2D eigenvalue weighted by Crippen LogP contribution is 2.28. The number of aliphatic hydroxyl groups excluding tert-OH is 1. The summed E-state index contributed by atoms with van der Waals surface area (Å²) in [6.07, 6.45) is 2.87. The molecule has 1 aliphatic rings. The fourth-order valence-corrected chi connectivity index (χ4v) is 3.66. The third kappa shape index (κ3) is 2.95. The number of rotatable bonds is 4. The Labute approximate surface area is 151 Å². The van der Waals surface area contributed by atoms with Crippen LogP contribution < -0.4 is 5.56 Å². The molecule has 26 heavy (non-hydrogen) atoms. The van der Waals surface area contributed by atoms with Crippen molar-refractivity contribution in [3.05, 3.63) is 51.9 Å². The molecule has 0 radical (unpaired) electrons. The van der Waals surface area contributed by atoms with Gasteiger partial charge in [-0.15, -0.1) is 0 Å². The Morgan fingerprint density at radius 2 is 2.19 bits per heavy atom. The van der Waals surface area contributed by atoms with Crippen LogP contribution in [0.2, 0.25) is 0 Å². The third-order valence-electron chi connectivity index (χ3n) is 5.08. The molecule has 1 N–H and O–H groups in total. The predicted octanol–water partition coefficient (Wildman–Crippen LogP) is 2.24. The fourth-order valence-electron chi connectivity index (χ4n) is 3.66. The van der Waals surface area contributed by atoms with Gasteiger partial charge in [-0.25, -0.2) is 4.98 Å². The minimum Gasteiger partial charge on any atom is -0.392 e. The van der Waals surface area contributed by atoms with Crippen LogP contribution in [0.1, 0.15) is 17.5 Å². The maximum absolute atomic E-state index is 12.1. The van der Waals surface area contributed by atoms with Crippen LogP contribution in [-0.4, -0.2) is 32.4 Å². The summed E-state index contributed by atoms with van der Waals surface area (Å²) in [5, 5.41) is 9.51. The molecule has 136 valence electrons. The van der Waals surface area contributed by atoms with Crippen molar-refractivity contribution in [1.29, 1.82) is 0 Å². The van der Waals surface area contributed by atoms with E-state index in [1.807, 2.05) is 37.4 Å². The number of benzene rings is 1. The van der Waals surface area contributed by atoms with Crippen LogP contribution in [0, 0.1) is 12.8 Å². The highest BCUT2D eigenvalue weighted by molar-refractivity contribution is 5.81. The van der Waals surface area contributed by atoms with E-state index >= 15 is 0 Å². The molecule has 1 atom stereocenters. The van der Waals surface area contributed by atoms with Crippen molar-refractivity contribution in [3.63, 3.8) is 0 Å². The van der Waals surface area contributed by atoms with E-state index in [1.165, 1.54) is 0 Å². The number of hydrogen-bond donors (Lipinski definition) is 1. The van der Waals surface area contributed by atoms with Crippen LogP contribution in [0.15, 0.2) is 35.3 Å². The second-order valence-electron chi connectivity index (χ2n) is 7.08. The minimum absolute atomic E-state index is 0.00192. The second kappa shape index (κ2) is 6.70. The molecule has 6 nitrogen and oxygen atoms in total. The number of imidazole rings is 1. The molecule has 1 unspecified atom stereocenters. The normalized spacial score (nSPS) is 17.3. The molecule has 3 heterocycles. The summed E-state index contributed by atoms with van der Waals surface area (Å²) in [4.78, 5) is 16.9. The summed E-state index contributed by atoms with van der Waals surface area (Å²) in [7, 11) is 1.76. The van der Waals surface area contributed by atoms with E-state index in [0.717, 1.165) is 54.2 Å². The summed E-state index contributed by atoms with van der Waals surface area (Å²) in [5.74, 6) is 1.29. The lowest BCUT2D eigenvalue weighted by molar-refractivity contribution is 0.183. The van der Waals surface area contributed by atoms with Gasteiger partial charge in [0.25, 0.3) is 5.56 Å². The number of aromatic nitrogens is 3. The van der Waals surface area contributed by atoms with E-state index in [0.29, 0.717) is 11.5 Å². The van der Waals surface area contributed by atoms with Gasteiger partial charge in [-0.05, 0) is 37.1 Å². The first kappa shape index (κ1) is 17.0. The molecule has 2 aromatic heterocycles. The first-order chi connectivity index (χ1) is 12.6. The lowest BCUT2D eigenvalue weighted by Crippen LogP contribution is -2.19. The molecular formula is C20H23N3O3. The average molecular weight is 353 g/mol. The quantitative estimate of drug-likeness (QED) is 0.781. The first-order valence-electron chi connectivity index (χ1n) is 8.92. The van der Waals surface area contributed by atoms with Gasteiger partial charge >= 0.3 is 0 Å². The van der Waals surface area contributed by atoms with Crippen LogP contribution in [0.4, 0.5) is 0 Å². The molecule has 1 saturated heterocycles. The predicted molar refractivity (Wildman–Crippen MR) is 100.0 cm³/mol. The third-order valence-corrected chi connectivity index (χ3v) is 5.08. The fraction of sp³-hybridized carbons (Fsp3) is 0.400. The molecule has 1 fully saturated rings. The zero-order chi connectivity index (χ0) is 18.3. The Morgan fingerprint density at radius 3 is 2.88 bits per heavy atom. The van der Waals surface area contributed by atoms with Gasteiger partial charge in [0.15, 0.2) is 0 Å². The molecule has 4 rings (SSSR count). The van der Waals surface area contributed by atoms with Gasteiger partial charge in [-0.1, -0.05) is 6.07 Å². The van der Waals surface area contributed by atoms with Crippen molar-refractivity contribution in [2.24, 2.45) is 13.0 Å². The minimum atomic E-state index is 0.00192. The molecular weight excluding hydrogens is 330 g/mol. The molecule has 6 heteroatoms. The van der Waals surface area contributed by atoms with E-state index in [9.17, 15) is 9.90 Å². The van der Waals surface area contributed by atoms with E-state index in [2.05, 4.69) is 4.57 Å². The smallest absolute Gasteiger partial charge is 0.253 e.